The van der Waals surface area contributed by atoms with Crippen LogP contribution >= 0.6 is 0 Å². The Morgan fingerprint density at radius 3 is 1.54 bits per heavy atom. The van der Waals surface area contributed by atoms with Crippen LogP contribution in [0.4, 0.5) is 0 Å². The summed E-state index contributed by atoms with van der Waals surface area (Å²) in [6, 6.07) is 8.58. The van der Waals surface area contributed by atoms with Crippen molar-refractivity contribution < 1.29 is 14.7 Å². The van der Waals surface area contributed by atoms with Crippen LogP contribution < -0.4 is 0 Å². The van der Waals surface area contributed by atoms with E-state index in [0.29, 0.717) is 6.42 Å². The summed E-state index contributed by atoms with van der Waals surface area (Å²) in [6.07, 6.45) is 5.39. The van der Waals surface area contributed by atoms with E-state index in [1.807, 2.05) is 13.8 Å². The fourth-order valence-corrected chi connectivity index (χ4v) is 2.62. The third-order valence-corrected chi connectivity index (χ3v) is 5.09. The number of carbonyl (C=O) groups is 2. The van der Waals surface area contributed by atoms with Gasteiger partial charge in [-0.05, 0) is 70.4 Å². The Balaban J connectivity index is 2.41. The molecular formula is C21H32O3. The van der Waals surface area contributed by atoms with Gasteiger partial charge in [-0.1, -0.05) is 38.1 Å². The number of carbonyl (C=O) groups excluding carboxylic acids is 1. The second kappa shape index (κ2) is 8.46. The lowest BCUT2D eigenvalue weighted by Gasteiger charge is -2.20. The van der Waals surface area contributed by atoms with E-state index in [-0.39, 0.29) is 11.2 Å². The fraction of sp³-hybridized carbons (Fsp3) is 0.619. The van der Waals surface area contributed by atoms with E-state index in [1.165, 1.54) is 11.1 Å². The number of carboxylic acid groups (broad SMARTS) is 1. The van der Waals surface area contributed by atoms with Crippen LogP contribution in [-0.4, -0.2) is 16.9 Å². The van der Waals surface area contributed by atoms with Gasteiger partial charge in [0.25, 0.3) is 0 Å². The highest BCUT2D eigenvalue weighted by atomic mass is 16.4. The van der Waals surface area contributed by atoms with Crippen LogP contribution in [0.25, 0.3) is 0 Å². The highest BCUT2D eigenvalue weighted by molar-refractivity contribution is 5.81. The van der Waals surface area contributed by atoms with Gasteiger partial charge in [-0.2, -0.15) is 0 Å². The van der Waals surface area contributed by atoms with Crippen LogP contribution in [0.5, 0.6) is 0 Å². The number of Topliss-reactive ketones (excluding diaryl/α,β-unsaturated/α-hetero) is 1. The lowest BCUT2D eigenvalue weighted by molar-refractivity contribution is -0.147. The van der Waals surface area contributed by atoms with Gasteiger partial charge in [0.15, 0.2) is 0 Å². The molecule has 3 heteroatoms. The fourth-order valence-electron chi connectivity index (χ4n) is 2.62. The molecule has 0 saturated heterocycles. The Kier molecular flexibility index (Phi) is 7.19. The number of ketones is 1. The van der Waals surface area contributed by atoms with E-state index in [4.69, 9.17) is 5.11 Å². The molecule has 0 aliphatic heterocycles. The maximum Gasteiger partial charge on any atom is 0.309 e. The zero-order chi connectivity index (χ0) is 18.4. The molecule has 0 radical (unpaired) electrons. The molecule has 24 heavy (non-hydrogen) atoms. The quantitative estimate of drug-likeness (QED) is 0.651. The Bertz CT molecular complexity index is 502. The molecule has 0 bridgehead atoms. The molecule has 0 heterocycles. The minimum atomic E-state index is -0.730. The second-order valence-corrected chi connectivity index (χ2v) is 8.15. The Morgan fingerprint density at radius 1 is 0.833 bits per heavy atom. The van der Waals surface area contributed by atoms with E-state index in [9.17, 15) is 9.59 Å². The van der Waals surface area contributed by atoms with E-state index in [2.05, 4.69) is 24.3 Å². The maximum absolute atomic E-state index is 11.5. The first-order valence-corrected chi connectivity index (χ1v) is 8.87. The standard InChI is InChI=1S/C21H32O3/c1-16(22)20(2,3)14-6-8-17-10-12-18(13-11-17)9-7-15-21(4,5)19(23)24/h10-13H,6-9,14-15H2,1-5H3,(H,23,24). The van der Waals surface area contributed by atoms with Gasteiger partial charge >= 0.3 is 5.97 Å². The first-order valence-electron chi connectivity index (χ1n) is 8.87. The zero-order valence-electron chi connectivity index (χ0n) is 15.8. The number of carboxylic acids is 1. The lowest BCUT2D eigenvalue weighted by atomic mass is 9.83. The molecule has 0 aliphatic rings. The van der Waals surface area contributed by atoms with Gasteiger partial charge in [0.05, 0.1) is 5.41 Å². The summed E-state index contributed by atoms with van der Waals surface area (Å²) in [6.45, 7) is 9.25. The molecule has 0 amide bonds. The highest BCUT2D eigenvalue weighted by Crippen LogP contribution is 2.25. The molecular weight excluding hydrogens is 300 g/mol. The highest BCUT2D eigenvalue weighted by Gasteiger charge is 2.26. The average molecular weight is 332 g/mol. The van der Waals surface area contributed by atoms with Crippen LogP contribution in [0.3, 0.4) is 0 Å². The number of benzene rings is 1. The largest absolute Gasteiger partial charge is 0.481 e. The van der Waals surface area contributed by atoms with Crippen molar-refractivity contribution >= 4 is 11.8 Å². The molecule has 1 N–H and O–H groups in total. The molecule has 3 nitrogen and oxygen atoms in total. The summed E-state index contributed by atoms with van der Waals surface area (Å²) in [5, 5.41) is 9.13. The van der Waals surface area contributed by atoms with Crippen molar-refractivity contribution in [2.75, 3.05) is 0 Å². The van der Waals surface area contributed by atoms with Gasteiger partial charge in [-0.15, -0.1) is 0 Å². The zero-order valence-corrected chi connectivity index (χ0v) is 15.8. The predicted octanol–water partition coefficient (Wildman–Crippen LogP) is 5.06. The normalized spacial score (nSPS) is 12.2. The predicted molar refractivity (Wildman–Crippen MR) is 98.2 cm³/mol. The van der Waals surface area contributed by atoms with Gasteiger partial charge in [0, 0.05) is 5.41 Å². The third kappa shape index (κ3) is 6.46. The number of rotatable bonds is 10. The van der Waals surface area contributed by atoms with Gasteiger partial charge in [0.1, 0.15) is 5.78 Å². The Hall–Kier alpha value is -1.64. The summed E-state index contributed by atoms with van der Waals surface area (Å²) >= 11 is 0. The maximum atomic E-state index is 11.5. The molecule has 0 saturated carbocycles. The minimum Gasteiger partial charge on any atom is -0.481 e. The Morgan fingerprint density at radius 2 is 1.21 bits per heavy atom. The van der Waals surface area contributed by atoms with Crippen LogP contribution in [0.1, 0.15) is 71.4 Å². The minimum absolute atomic E-state index is 0.225. The van der Waals surface area contributed by atoms with E-state index in [1.54, 1.807) is 20.8 Å². The Labute approximate surface area is 146 Å². The molecule has 0 unspecified atom stereocenters. The van der Waals surface area contributed by atoms with Gasteiger partial charge < -0.3 is 5.11 Å². The molecule has 1 rings (SSSR count). The topological polar surface area (TPSA) is 54.4 Å². The van der Waals surface area contributed by atoms with Crippen molar-refractivity contribution in [1.82, 2.24) is 0 Å². The molecule has 0 aliphatic carbocycles. The van der Waals surface area contributed by atoms with E-state index >= 15 is 0 Å². The molecule has 1 aromatic carbocycles. The van der Waals surface area contributed by atoms with E-state index in [0.717, 1.165) is 32.1 Å². The van der Waals surface area contributed by atoms with Crippen molar-refractivity contribution in [2.24, 2.45) is 10.8 Å². The first-order chi connectivity index (χ1) is 11.0. The number of aryl methyl sites for hydroxylation is 2. The molecule has 0 spiro atoms. The van der Waals surface area contributed by atoms with Gasteiger partial charge in [0.2, 0.25) is 0 Å². The lowest BCUT2D eigenvalue weighted by Crippen LogP contribution is -2.23. The summed E-state index contributed by atoms with van der Waals surface area (Å²) in [7, 11) is 0. The summed E-state index contributed by atoms with van der Waals surface area (Å²) in [5.41, 5.74) is 1.67. The summed E-state index contributed by atoms with van der Waals surface area (Å²) in [5.74, 6) is -0.478. The van der Waals surface area contributed by atoms with Crippen molar-refractivity contribution in [1.29, 1.82) is 0 Å². The number of aliphatic carboxylic acids is 1. The van der Waals surface area contributed by atoms with Crippen LogP contribution in [0.2, 0.25) is 0 Å². The third-order valence-electron chi connectivity index (χ3n) is 5.09. The van der Waals surface area contributed by atoms with Gasteiger partial charge in [-0.3, -0.25) is 9.59 Å². The molecule has 0 aromatic heterocycles. The molecule has 0 fully saturated rings. The average Bonchev–Trinajstić information content (AvgIpc) is 2.48. The van der Waals surface area contributed by atoms with Crippen LogP contribution in [0, 0.1) is 10.8 Å². The first kappa shape index (κ1) is 20.4. The van der Waals surface area contributed by atoms with Crippen molar-refractivity contribution in [3.63, 3.8) is 0 Å². The molecule has 0 atom stereocenters. The summed E-state index contributed by atoms with van der Waals surface area (Å²) in [4.78, 5) is 22.6. The monoisotopic (exact) mass is 332 g/mol. The van der Waals surface area contributed by atoms with E-state index < -0.39 is 11.4 Å². The smallest absolute Gasteiger partial charge is 0.309 e. The van der Waals surface area contributed by atoms with Crippen LogP contribution in [-0.2, 0) is 22.4 Å². The molecule has 134 valence electrons. The summed E-state index contributed by atoms with van der Waals surface area (Å²) < 4.78 is 0. The van der Waals surface area contributed by atoms with Crippen molar-refractivity contribution in [3.8, 4) is 0 Å². The van der Waals surface area contributed by atoms with Crippen molar-refractivity contribution in [2.45, 2.75) is 73.1 Å². The van der Waals surface area contributed by atoms with Crippen LogP contribution in [0.15, 0.2) is 24.3 Å². The van der Waals surface area contributed by atoms with Gasteiger partial charge in [-0.25, -0.2) is 0 Å². The second-order valence-electron chi connectivity index (χ2n) is 8.15. The number of hydrogen-bond donors (Lipinski definition) is 1. The SMILES string of the molecule is CC(=O)C(C)(C)CCCc1ccc(CCCC(C)(C)C(=O)O)cc1. The van der Waals surface area contributed by atoms with Crippen molar-refractivity contribution in [3.05, 3.63) is 35.4 Å². The molecule has 1 aromatic rings. The number of hydrogen-bond acceptors (Lipinski definition) is 2.